The van der Waals surface area contributed by atoms with Crippen LogP contribution >= 0.6 is 27.5 Å². The highest BCUT2D eigenvalue weighted by Crippen LogP contribution is 2.30. The van der Waals surface area contributed by atoms with Crippen molar-refractivity contribution < 1.29 is 19.4 Å². The number of halogens is 3. The van der Waals surface area contributed by atoms with Crippen LogP contribution in [0.3, 0.4) is 0 Å². The molecule has 0 aliphatic carbocycles. The van der Waals surface area contributed by atoms with Crippen LogP contribution in [0.4, 0.5) is 4.39 Å². The quantitative estimate of drug-likeness (QED) is 0.819. The predicted octanol–water partition coefficient (Wildman–Crippen LogP) is 2.36. The summed E-state index contributed by atoms with van der Waals surface area (Å²) in [5.74, 6) is -2.24. The molecule has 76 valence electrons. The van der Waals surface area contributed by atoms with Gasteiger partial charge in [-0.25, -0.2) is 9.18 Å². The number of carboxylic acid groups (broad SMARTS) is 1. The average molecular weight is 283 g/mol. The average Bonchev–Trinajstić information content (AvgIpc) is 2.13. The summed E-state index contributed by atoms with van der Waals surface area (Å²) in [5, 5.41) is 17.5. The van der Waals surface area contributed by atoms with E-state index in [-0.39, 0.29) is 15.1 Å². The van der Waals surface area contributed by atoms with Gasteiger partial charge in [-0.3, -0.25) is 0 Å². The molecule has 0 fully saturated rings. The van der Waals surface area contributed by atoms with Crippen LogP contribution in [-0.4, -0.2) is 16.2 Å². The number of aliphatic carboxylic acids is 1. The Kier molecular flexibility index (Phi) is 3.47. The molecule has 1 atom stereocenters. The Hall–Kier alpha value is -0.650. The lowest BCUT2D eigenvalue weighted by Gasteiger charge is -2.09. The van der Waals surface area contributed by atoms with Crippen molar-refractivity contribution in [2.24, 2.45) is 0 Å². The summed E-state index contributed by atoms with van der Waals surface area (Å²) in [6.07, 6.45) is -1.77. The van der Waals surface area contributed by atoms with Crippen LogP contribution in [0.2, 0.25) is 5.02 Å². The first-order valence-corrected chi connectivity index (χ1v) is 4.66. The van der Waals surface area contributed by atoms with Gasteiger partial charge in [-0.2, -0.15) is 0 Å². The van der Waals surface area contributed by atoms with Gasteiger partial charge in [-0.05, 0) is 22.0 Å². The Balaban J connectivity index is 3.24. The molecule has 1 aromatic carbocycles. The molecule has 0 saturated heterocycles. The molecule has 0 aromatic heterocycles. The summed E-state index contributed by atoms with van der Waals surface area (Å²) in [4.78, 5) is 10.4. The van der Waals surface area contributed by atoms with E-state index in [4.69, 9.17) is 21.8 Å². The Morgan fingerprint density at radius 1 is 1.57 bits per heavy atom. The minimum Gasteiger partial charge on any atom is -0.479 e. The van der Waals surface area contributed by atoms with Crippen molar-refractivity contribution in [3.63, 3.8) is 0 Å². The van der Waals surface area contributed by atoms with Gasteiger partial charge in [-0.15, -0.1) is 0 Å². The molecule has 0 aliphatic heterocycles. The molecule has 1 unspecified atom stereocenters. The van der Waals surface area contributed by atoms with Gasteiger partial charge in [0.25, 0.3) is 0 Å². The topological polar surface area (TPSA) is 57.5 Å². The summed E-state index contributed by atoms with van der Waals surface area (Å²) >= 11 is 8.25. The third-order valence-electron chi connectivity index (χ3n) is 1.59. The highest BCUT2D eigenvalue weighted by atomic mass is 79.9. The second kappa shape index (κ2) is 4.25. The van der Waals surface area contributed by atoms with E-state index in [0.717, 1.165) is 0 Å². The summed E-state index contributed by atoms with van der Waals surface area (Å²) in [6, 6.07) is 2.43. The lowest BCUT2D eigenvalue weighted by molar-refractivity contribution is -0.147. The molecule has 0 bridgehead atoms. The van der Waals surface area contributed by atoms with E-state index in [9.17, 15) is 9.18 Å². The summed E-state index contributed by atoms with van der Waals surface area (Å²) in [6.45, 7) is 0. The number of aliphatic hydroxyl groups is 1. The van der Waals surface area contributed by atoms with Crippen LogP contribution in [0.15, 0.2) is 16.6 Å². The maximum Gasteiger partial charge on any atom is 0.337 e. The Morgan fingerprint density at radius 3 is 2.64 bits per heavy atom. The van der Waals surface area contributed by atoms with Crippen LogP contribution in [-0.2, 0) is 4.79 Å². The molecule has 6 heteroatoms. The largest absolute Gasteiger partial charge is 0.479 e. The van der Waals surface area contributed by atoms with Crippen LogP contribution < -0.4 is 0 Å². The maximum atomic E-state index is 13.1. The monoisotopic (exact) mass is 282 g/mol. The number of aliphatic hydroxyl groups excluding tert-OH is 1. The standard InChI is InChI=1S/C8H5BrClFO3/c9-5-3(7(12)8(13)14)1-2-4(10)6(5)11/h1-2,7,12H,(H,13,14). The van der Waals surface area contributed by atoms with E-state index in [1.807, 2.05) is 0 Å². The molecule has 0 heterocycles. The van der Waals surface area contributed by atoms with Crippen molar-refractivity contribution in [3.05, 3.63) is 33.0 Å². The van der Waals surface area contributed by atoms with Crippen LogP contribution in [0.1, 0.15) is 11.7 Å². The van der Waals surface area contributed by atoms with E-state index in [1.165, 1.54) is 12.1 Å². The van der Waals surface area contributed by atoms with E-state index in [0.29, 0.717) is 0 Å². The number of hydrogen-bond acceptors (Lipinski definition) is 2. The fourth-order valence-electron chi connectivity index (χ4n) is 0.885. The minimum absolute atomic E-state index is 0.0700. The second-order valence-electron chi connectivity index (χ2n) is 2.51. The first-order chi connectivity index (χ1) is 6.45. The Morgan fingerprint density at radius 2 is 2.14 bits per heavy atom. The molecule has 0 spiro atoms. The summed E-state index contributed by atoms with van der Waals surface area (Å²) < 4.78 is 13.0. The summed E-state index contributed by atoms with van der Waals surface area (Å²) in [7, 11) is 0. The SMILES string of the molecule is O=C(O)C(O)c1ccc(Cl)c(F)c1Br. The normalized spacial score (nSPS) is 12.6. The van der Waals surface area contributed by atoms with Gasteiger partial charge in [0.2, 0.25) is 0 Å². The highest BCUT2D eigenvalue weighted by Gasteiger charge is 2.21. The fourth-order valence-corrected chi connectivity index (χ4v) is 1.72. The minimum atomic E-state index is -1.77. The zero-order chi connectivity index (χ0) is 10.9. The van der Waals surface area contributed by atoms with Crippen molar-refractivity contribution in [1.29, 1.82) is 0 Å². The van der Waals surface area contributed by atoms with Crippen molar-refractivity contribution in [1.82, 2.24) is 0 Å². The third kappa shape index (κ3) is 2.05. The molecule has 3 nitrogen and oxygen atoms in total. The van der Waals surface area contributed by atoms with E-state index < -0.39 is 17.9 Å². The van der Waals surface area contributed by atoms with Crippen molar-refractivity contribution in [3.8, 4) is 0 Å². The van der Waals surface area contributed by atoms with Gasteiger partial charge in [0.05, 0.1) is 9.50 Å². The van der Waals surface area contributed by atoms with Gasteiger partial charge in [0.1, 0.15) is 0 Å². The lowest BCUT2D eigenvalue weighted by atomic mass is 10.1. The zero-order valence-electron chi connectivity index (χ0n) is 6.67. The molecule has 0 radical (unpaired) electrons. The predicted molar refractivity (Wildman–Crippen MR) is 51.7 cm³/mol. The van der Waals surface area contributed by atoms with Crippen LogP contribution in [0.25, 0.3) is 0 Å². The molecule has 1 rings (SSSR count). The Bertz CT molecular complexity index is 383. The number of carboxylic acids is 1. The third-order valence-corrected chi connectivity index (χ3v) is 2.69. The van der Waals surface area contributed by atoms with Crippen molar-refractivity contribution in [2.75, 3.05) is 0 Å². The molecular weight excluding hydrogens is 278 g/mol. The molecule has 0 aliphatic rings. The number of benzene rings is 1. The van der Waals surface area contributed by atoms with Gasteiger partial charge >= 0.3 is 5.97 Å². The van der Waals surface area contributed by atoms with Crippen LogP contribution in [0.5, 0.6) is 0 Å². The number of rotatable bonds is 2. The maximum absolute atomic E-state index is 13.1. The van der Waals surface area contributed by atoms with Gasteiger partial charge in [-0.1, -0.05) is 17.7 Å². The van der Waals surface area contributed by atoms with Crippen molar-refractivity contribution >= 4 is 33.5 Å². The number of hydrogen-bond donors (Lipinski definition) is 2. The van der Waals surface area contributed by atoms with Crippen LogP contribution in [0, 0.1) is 5.82 Å². The van der Waals surface area contributed by atoms with Crippen molar-refractivity contribution in [2.45, 2.75) is 6.10 Å². The fraction of sp³-hybridized carbons (Fsp3) is 0.125. The smallest absolute Gasteiger partial charge is 0.337 e. The molecule has 14 heavy (non-hydrogen) atoms. The molecule has 1 aromatic rings. The molecule has 0 saturated carbocycles. The Labute approximate surface area is 92.2 Å². The summed E-state index contributed by atoms with van der Waals surface area (Å²) in [5.41, 5.74) is -0.0700. The highest BCUT2D eigenvalue weighted by molar-refractivity contribution is 9.10. The molecule has 0 amide bonds. The van der Waals surface area contributed by atoms with E-state index in [1.54, 1.807) is 0 Å². The van der Waals surface area contributed by atoms with E-state index in [2.05, 4.69) is 15.9 Å². The lowest BCUT2D eigenvalue weighted by Crippen LogP contribution is -2.11. The molecular formula is C8H5BrClFO3. The second-order valence-corrected chi connectivity index (χ2v) is 3.71. The first-order valence-electron chi connectivity index (χ1n) is 3.49. The molecule has 2 N–H and O–H groups in total. The van der Waals surface area contributed by atoms with E-state index >= 15 is 0 Å². The first kappa shape index (κ1) is 11.4. The van der Waals surface area contributed by atoms with Gasteiger partial charge < -0.3 is 10.2 Å². The zero-order valence-corrected chi connectivity index (χ0v) is 9.01. The van der Waals surface area contributed by atoms with Gasteiger partial charge in [0.15, 0.2) is 11.9 Å². The van der Waals surface area contributed by atoms with Gasteiger partial charge in [0, 0.05) is 5.56 Å². The number of carbonyl (C=O) groups is 1.